The molecular weight excluding hydrogens is 400 g/mol. The Bertz CT molecular complexity index is 1180. The molecule has 32 heavy (non-hydrogen) atoms. The maximum atomic E-state index is 5.63. The Kier molecular flexibility index (Phi) is 5.46. The van der Waals surface area contributed by atoms with Crippen LogP contribution in [0.3, 0.4) is 0 Å². The van der Waals surface area contributed by atoms with Crippen LogP contribution in [0.1, 0.15) is 5.69 Å². The van der Waals surface area contributed by atoms with Gasteiger partial charge in [-0.2, -0.15) is 0 Å². The van der Waals surface area contributed by atoms with Gasteiger partial charge in [-0.15, -0.1) is 10.2 Å². The van der Waals surface area contributed by atoms with Crippen LogP contribution >= 0.6 is 0 Å². The number of hydrogen-bond acceptors (Lipinski definition) is 6. The number of methoxy groups -OCH3 is 1. The van der Waals surface area contributed by atoms with Crippen molar-refractivity contribution < 1.29 is 4.74 Å². The van der Waals surface area contributed by atoms with Gasteiger partial charge in [0.2, 0.25) is 0 Å². The Morgan fingerprint density at radius 3 is 2.28 bits per heavy atom. The molecule has 2 aromatic heterocycles. The van der Waals surface area contributed by atoms with Crippen molar-refractivity contribution in [3.8, 4) is 22.7 Å². The molecule has 0 aliphatic carbocycles. The molecular formula is C25H26N6O. The lowest BCUT2D eigenvalue weighted by atomic mass is 10.1. The fourth-order valence-corrected chi connectivity index (χ4v) is 4.08. The number of benzene rings is 2. The summed E-state index contributed by atoms with van der Waals surface area (Å²) in [5.41, 5.74) is 4.97. The third kappa shape index (κ3) is 4.01. The minimum Gasteiger partial charge on any atom is -0.495 e. The van der Waals surface area contributed by atoms with E-state index >= 15 is 0 Å². The number of aromatic nitrogens is 4. The minimum atomic E-state index is 0.766. The third-order valence-corrected chi connectivity index (χ3v) is 5.84. The molecule has 4 aromatic rings. The van der Waals surface area contributed by atoms with E-state index in [2.05, 4.69) is 61.4 Å². The lowest BCUT2D eigenvalue weighted by molar-refractivity contribution is 0.413. The zero-order valence-electron chi connectivity index (χ0n) is 18.3. The Hall–Kier alpha value is -3.87. The van der Waals surface area contributed by atoms with Crippen molar-refractivity contribution in [2.24, 2.45) is 0 Å². The van der Waals surface area contributed by atoms with Crippen LogP contribution in [0.2, 0.25) is 0 Å². The SMILES string of the molecule is COc1cc(-c2ccc(N3CCN(c4ccccc4)CC3)nn2)ccc1-n1cnc(C)c1. The molecule has 0 unspecified atom stereocenters. The third-order valence-electron chi connectivity index (χ3n) is 5.84. The number of hydrogen-bond donors (Lipinski definition) is 0. The zero-order chi connectivity index (χ0) is 21.9. The zero-order valence-corrected chi connectivity index (χ0v) is 18.3. The Balaban J connectivity index is 1.30. The van der Waals surface area contributed by atoms with Crippen molar-refractivity contribution in [1.82, 2.24) is 19.7 Å². The summed E-state index contributed by atoms with van der Waals surface area (Å²) in [5.74, 6) is 1.68. The van der Waals surface area contributed by atoms with Gasteiger partial charge in [0.15, 0.2) is 5.82 Å². The van der Waals surface area contributed by atoms with Crippen molar-refractivity contribution in [2.45, 2.75) is 6.92 Å². The predicted octanol–water partition coefficient (Wildman–Crippen LogP) is 3.97. The van der Waals surface area contributed by atoms with Gasteiger partial charge in [-0.25, -0.2) is 4.98 Å². The van der Waals surface area contributed by atoms with Gasteiger partial charge in [0.25, 0.3) is 0 Å². The maximum absolute atomic E-state index is 5.63. The number of ether oxygens (including phenoxy) is 1. The number of rotatable bonds is 5. The Labute approximate surface area is 187 Å². The number of para-hydroxylation sites is 1. The summed E-state index contributed by atoms with van der Waals surface area (Å²) in [5, 5.41) is 9.02. The van der Waals surface area contributed by atoms with Gasteiger partial charge >= 0.3 is 0 Å². The molecule has 0 atom stereocenters. The van der Waals surface area contributed by atoms with Gasteiger partial charge in [-0.3, -0.25) is 0 Å². The average molecular weight is 427 g/mol. The van der Waals surface area contributed by atoms with Gasteiger partial charge in [-0.1, -0.05) is 24.3 Å². The number of nitrogens with zero attached hydrogens (tertiary/aromatic N) is 6. The highest BCUT2D eigenvalue weighted by molar-refractivity contribution is 5.66. The molecule has 2 aromatic carbocycles. The van der Waals surface area contributed by atoms with Crippen LogP contribution in [-0.4, -0.2) is 53.0 Å². The van der Waals surface area contributed by atoms with Crippen molar-refractivity contribution in [3.63, 3.8) is 0 Å². The molecule has 1 aliphatic heterocycles. The first-order valence-corrected chi connectivity index (χ1v) is 10.8. The van der Waals surface area contributed by atoms with E-state index in [1.54, 1.807) is 13.4 Å². The first-order chi connectivity index (χ1) is 15.7. The molecule has 0 amide bonds. The molecule has 0 bridgehead atoms. The monoisotopic (exact) mass is 426 g/mol. The highest BCUT2D eigenvalue weighted by Crippen LogP contribution is 2.29. The molecule has 7 nitrogen and oxygen atoms in total. The molecule has 0 saturated carbocycles. The average Bonchev–Trinajstić information content (AvgIpc) is 3.30. The van der Waals surface area contributed by atoms with Gasteiger partial charge in [0.05, 0.1) is 30.5 Å². The highest BCUT2D eigenvalue weighted by Gasteiger charge is 2.19. The molecule has 1 saturated heterocycles. The molecule has 162 valence electrons. The number of piperazine rings is 1. The largest absolute Gasteiger partial charge is 0.495 e. The summed E-state index contributed by atoms with van der Waals surface area (Å²) in [4.78, 5) is 9.01. The van der Waals surface area contributed by atoms with E-state index in [1.807, 2.05) is 42.0 Å². The van der Waals surface area contributed by atoms with Crippen molar-refractivity contribution >= 4 is 11.5 Å². The quantitative estimate of drug-likeness (QED) is 0.481. The lowest BCUT2D eigenvalue weighted by Gasteiger charge is -2.36. The summed E-state index contributed by atoms with van der Waals surface area (Å²) in [7, 11) is 1.68. The van der Waals surface area contributed by atoms with Gasteiger partial charge < -0.3 is 19.1 Å². The lowest BCUT2D eigenvalue weighted by Crippen LogP contribution is -2.46. The van der Waals surface area contributed by atoms with Gasteiger partial charge in [0.1, 0.15) is 5.75 Å². The van der Waals surface area contributed by atoms with Crippen LogP contribution in [0.15, 0.2) is 73.2 Å². The van der Waals surface area contributed by atoms with Crippen LogP contribution in [0, 0.1) is 6.92 Å². The second-order valence-electron chi connectivity index (χ2n) is 7.90. The molecule has 0 spiro atoms. The van der Waals surface area contributed by atoms with Gasteiger partial charge in [-0.05, 0) is 43.3 Å². The van der Waals surface area contributed by atoms with E-state index in [0.29, 0.717) is 0 Å². The fourth-order valence-electron chi connectivity index (χ4n) is 4.08. The van der Waals surface area contributed by atoms with Crippen molar-refractivity contribution in [3.05, 3.63) is 78.9 Å². The molecule has 0 N–H and O–H groups in total. The second-order valence-corrected chi connectivity index (χ2v) is 7.90. The summed E-state index contributed by atoms with van der Waals surface area (Å²) in [6.45, 7) is 5.77. The molecule has 0 radical (unpaired) electrons. The standard InChI is InChI=1S/C25H26N6O/c1-19-17-31(18-26-19)23-10-8-20(16-24(23)32-2)22-9-11-25(28-27-22)30-14-12-29(13-15-30)21-6-4-3-5-7-21/h3-11,16-18H,12-15H2,1-2H3. The van der Waals surface area contributed by atoms with Crippen LogP contribution in [0.25, 0.3) is 16.9 Å². The highest BCUT2D eigenvalue weighted by atomic mass is 16.5. The second kappa shape index (κ2) is 8.70. The van der Waals surface area contributed by atoms with E-state index in [-0.39, 0.29) is 0 Å². The molecule has 7 heteroatoms. The van der Waals surface area contributed by atoms with Crippen molar-refractivity contribution in [2.75, 3.05) is 43.1 Å². The first-order valence-electron chi connectivity index (χ1n) is 10.8. The topological polar surface area (TPSA) is 59.3 Å². The molecule has 5 rings (SSSR count). The minimum absolute atomic E-state index is 0.766. The predicted molar refractivity (Wildman–Crippen MR) is 127 cm³/mol. The smallest absolute Gasteiger partial charge is 0.151 e. The number of aryl methyl sites for hydroxylation is 1. The molecule has 1 fully saturated rings. The van der Waals surface area contributed by atoms with E-state index in [9.17, 15) is 0 Å². The van der Waals surface area contributed by atoms with E-state index in [0.717, 1.165) is 60.4 Å². The molecule has 3 heterocycles. The number of imidazole rings is 1. The summed E-state index contributed by atoms with van der Waals surface area (Å²) < 4.78 is 7.59. The Morgan fingerprint density at radius 2 is 1.62 bits per heavy atom. The first kappa shape index (κ1) is 20.1. The maximum Gasteiger partial charge on any atom is 0.151 e. The van der Waals surface area contributed by atoms with Crippen LogP contribution in [-0.2, 0) is 0 Å². The summed E-state index contributed by atoms with van der Waals surface area (Å²) >= 11 is 0. The van der Waals surface area contributed by atoms with Gasteiger partial charge in [0, 0.05) is 43.6 Å². The van der Waals surface area contributed by atoms with Crippen LogP contribution in [0.4, 0.5) is 11.5 Å². The van der Waals surface area contributed by atoms with E-state index in [1.165, 1.54) is 5.69 Å². The number of anilines is 2. The summed E-state index contributed by atoms with van der Waals surface area (Å²) in [6.07, 6.45) is 3.77. The van der Waals surface area contributed by atoms with Crippen LogP contribution in [0.5, 0.6) is 5.75 Å². The normalized spacial score (nSPS) is 13.9. The summed E-state index contributed by atoms with van der Waals surface area (Å²) in [6, 6.07) is 20.7. The Morgan fingerprint density at radius 1 is 0.844 bits per heavy atom. The van der Waals surface area contributed by atoms with E-state index < -0.39 is 0 Å². The van der Waals surface area contributed by atoms with E-state index in [4.69, 9.17) is 4.74 Å². The molecule has 1 aliphatic rings. The fraction of sp³-hybridized carbons (Fsp3) is 0.240. The van der Waals surface area contributed by atoms with Crippen molar-refractivity contribution in [1.29, 1.82) is 0 Å². The van der Waals surface area contributed by atoms with Crippen LogP contribution < -0.4 is 14.5 Å².